The first kappa shape index (κ1) is 15.6. The summed E-state index contributed by atoms with van der Waals surface area (Å²) in [6.45, 7) is 3.02. The number of para-hydroxylation sites is 1. The molecular formula is C18H23N3O2. The number of furan rings is 1. The van der Waals surface area contributed by atoms with Gasteiger partial charge in [-0.05, 0) is 30.2 Å². The van der Waals surface area contributed by atoms with Gasteiger partial charge in [0.25, 0.3) is 0 Å². The molecule has 1 aromatic heterocycles. The molecule has 1 aliphatic rings. The number of nitrogens with zero attached hydrogens (tertiary/aromatic N) is 2. The van der Waals surface area contributed by atoms with E-state index in [1.807, 2.05) is 12.1 Å². The van der Waals surface area contributed by atoms with Gasteiger partial charge in [0.1, 0.15) is 5.76 Å². The van der Waals surface area contributed by atoms with Crippen molar-refractivity contribution in [2.45, 2.75) is 12.8 Å². The standard InChI is InChI=1S/C18H23N3O2/c1-22-14-11-20-18(19-10-8-16-6-4-13-23-16)21-12-9-15-5-2-3-7-17(15)21/h2-7,13H,8-12,14H2,1H3,(H,19,20). The fraction of sp³-hybridized carbons (Fsp3) is 0.389. The normalized spacial score (nSPS) is 14.1. The smallest absolute Gasteiger partial charge is 0.198 e. The van der Waals surface area contributed by atoms with Gasteiger partial charge < -0.3 is 19.4 Å². The third-order valence-corrected chi connectivity index (χ3v) is 3.93. The summed E-state index contributed by atoms with van der Waals surface area (Å²) in [5.41, 5.74) is 2.62. The number of anilines is 1. The van der Waals surface area contributed by atoms with E-state index in [0.717, 1.165) is 37.7 Å². The lowest BCUT2D eigenvalue weighted by Crippen LogP contribution is -2.41. The van der Waals surface area contributed by atoms with Crippen molar-refractivity contribution in [2.75, 3.05) is 38.3 Å². The van der Waals surface area contributed by atoms with Gasteiger partial charge in [0.2, 0.25) is 0 Å². The van der Waals surface area contributed by atoms with Gasteiger partial charge in [0.15, 0.2) is 5.96 Å². The van der Waals surface area contributed by atoms with E-state index < -0.39 is 0 Å². The lowest BCUT2D eigenvalue weighted by molar-refractivity contribution is 0.208. The summed E-state index contributed by atoms with van der Waals surface area (Å²) in [6.07, 6.45) is 3.60. The van der Waals surface area contributed by atoms with Gasteiger partial charge in [0.05, 0.1) is 19.4 Å². The number of nitrogens with one attached hydrogen (secondary N) is 1. The van der Waals surface area contributed by atoms with E-state index in [9.17, 15) is 0 Å². The van der Waals surface area contributed by atoms with E-state index in [-0.39, 0.29) is 0 Å². The van der Waals surface area contributed by atoms with Gasteiger partial charge in [-0.3, -0.25) is 4.99 Å². The number of hydrogen-bond acceptors (Lipinski definition) is 3. The molecule has 1 aliphatic heterocycles. The molecule has 5 heteroatoms. The molecule has 0 saturated carbocycles. The number of benzene rings is 1. The van der Waals surface area contributed by atoms with E-state index in [1.54, 1.807) is 13.4 Å². The molecule has 0 amide bonds. The van der Waals surface area contributed by atoms with E-state index >= 15 is 0 Å². The van der Waals surface area contributed by atoms with Crippen LogP contribution in [0.25, 0.3) is 0 Å². The van der Waals surface area contributed by atoms with Crippen LogP contribution in [0.2, 0.25) is 0 Å². The zero-order valence-corrected chi connectivity index (χ0v) is 13.5. The summed E-state index contributed by atoms with van der Waals surface area (Å²) in [7, 11) is 1.70. The first-order chi connectivity index (χ1) is 11.4. The predicted octanol–water partition coefficient (Wildman–Crippen LogP) is 2.48. The maximum atomic E-state index is 5.38. The highest BCUT2D eigenvalue weighted by atomic mass is 16.5. The number of rotatable bonds is 6. The zero-order chi connectivity index (χ0) is 15.9. The van der Waals surface area contributed by atoms with E-state index in [1.165, 1.54) is 11.3 Å². The maximum absolute atomic E-state index is 5.38. The summed E-state index contributed by atoms with van der Waals surface area (Å²) in [4.78, 5) is 6.95. The summed E-state index contributed by atoms with van der Waals surface area (Å²) in [5.74, 6) is 1.90. The van der Waals surface area contributed by atoms with Crippen LogP contribution in [-0.4, -0.2) is 39.3 Å². The Kier molecular flexibility index (Phi) is 5.32. The van der Waals surface area contributed by atoms with Crippen LogP contribution in [0, 0.1) is 0 Å². The summed E-state index contributed by atoms with van der Waals surface area (Å²) < 4.78 is 10.5. The van der Waals surface area contributed by atoms with Crippen LogP contribution in [-0.2, 0) is 17.6 Å². The van der Waals surface area contributed by atoms with Gasteiger partial charge in [-0.25, -0.2) is 0 Å². The Labute approximate surface area is 137 Å². The quantitative estimate of drug-likeness (QED) is 0.506. The van der Waals surface area contributed by atoms with Crippen molar-refractivity contribution < 1.29 is 9.15 Å². The van der Waals surface area contributed by atoms with Crippen LogP contribution in [0.15, 0.2) is 52.1 Å². The molecule has 0 radical (unpaired) electrons. The van der Waals surface area contributed by atoms with E-state index in [0.29, 0.717) is 13.2 Å². The first-order valence-corrected chi connectivity index (χ1v) is 8.03. The van der Waals surface area contributed by atoms with E-state index in [2.05, 4.69) is 39.5 Å². The second-order valence-corrected chi connectivity index (χ2v) is 5.48. The Bertz CT molecular complexity index is 637. The third-order valence-electron chi connectivity index (χ3n) is 3.93. The van der Waals surface area contributed by atoms with Crippen molar-refractivity contribution in [3.8, 4) is 0 Å². The van der Waals surface area contributed by atoms with Crippen LogP contribution >= 0.6 is 0 Å². The predicted molar refractivity (Wildman–Crippen MR) is 92.1 cm³/mol. The Balaban J connectivity index is 1.67. The summed E-state index contributed by atoms with van der Waals surface area (Å²) >= 11 is 0. The van der Waals surface area contributed by atoms with Crippen molar-refractivity contribution in [2.24, 2.45) is 4.99 Å². The molecule has 2 aromatic rings. The maximum Gasteiger partial charge on any atom is 0.198 e. The largest absolute Gasteiger partial charge is 0.469 e. The van der Waals surface area contributed by atoms with Crippen LogP contribution in [0.1, 0.15) is 11.3 Å². The number of methoxy groups -OCH3 is 1. The van der Waals surface area contributed by atoms with Crippen LogP contribution in [0.4, 0.5) is 5.69 Å². The molecule has 5 nitrogen and oxygen atoms in total. The van der Waals surface area contributed by atoms with Crippen molar-refractivity contribution in [3.05, 3.63) is 54.0 Å². The van der Waals surface area contributed by atoms with Crippen LogP contribution < -0.4 is 10.2 Å². The zero-order valence-electron chi connectivity index (χ0n) is 13.5. The lowest BCUT2D eigenvalue weighted by atomic mass is 10.2. The molecule has 1 N–H and O–H groups in total. The highest BCUT2D eigenvalue weighted by Crippen LogP contribution is 2.27. The molecule has 0 spiro atoms. The number of aliphatic imine (C=N–C) groups is 1. The molecular weight excluding hydrogens is 290 g/mol. The number of fused-ring (bicyclic) bond motifs is 1. The molecule has 122 valence electrons. The Morgan fingerprint density at radius 2 is 2.22 bits per heavy atom. The average molecular weight is 313 g/mol. The van der Waals surface area contributed by atoms with Gasteiger partial charge in [0, 0.05) is 32.3 Å². The lowest BCUT2D eigenvalue weighted by Gasteiger charge is -2.22. The SMILES string of the molecule is COCCN=C(NCCc1ccco1)N1CCc2ccccc21. The molecule has 0 bridgehead atoms. The van der Waals surface area contributed by atoms with E-state index in [4.69, 9.17) is 9.15 Å². The highest BCUT2D eigenvalue weighted by Gasteiger charge is 2.22. The summed E-state index contributed by atoms with van der Waals surface area (Å²) in [6, 6.07) is 12.4. The average Bonchev–Trinajstić information content (AvgIpc) is 3.23. The minimum absolute atomic E-state index is 0.624. The Hall–Kier alpha value is -2.27. The molecule has 23 heavy (non-hydrogen) atoms. The number of ether oxygens (including phenoxy) is 1. The highest BCUT2D eigenvalue weighted by molar-refractivity contribution is 5.98. The van der Waals surface area contributed by atoms with Crippen LogP contribution in [0.3, 0.4) is 0 Å². The third kappa shape index (κ3) is 3.93. The molecule has 0 atom stereocenters. The van der Waals surface area contributed by atoms with Gasteiger partial charge in [-0.15, -0.1) is 0 Å². The van der Waals surface area contributed by atoms with Crippen molar-refractivity contribution >= 4 is 11.6 Å². The summed E-state index contributed by atoms with van der Waals surface area (Å²) in [5, 5.41) is 3.46. The molecule has 0 unspecified atom stereocenters. The van der Waals surface area contributed by atoms with Crippen LogP contribution in [0.5, 0.6) is 0 Å². The Morgan fingerprint density at radius 3 is 3.04 bits per heavy atom. The van der Waals surface area contributed by atoms with Gasteiger partial charge in [-0.2, -0.15) is 0 Å². The monoisotopic (exact) mass is 313 g/mol. The first-order valence-electron chi connectivity index (χ1n) is 8.03. The second kappa shape index (κ2) is 7.83. The molecule has 1 aromatic carbocycles. The van der Waals surface area contributed by atoms with Gasteiger partial charge >= 0.3 is 0 Å². The topological polar surface area (TPSA) is 50.0 Å². The Morgan fingerprint density at radius 1 is 1.30 bits per heavy atom. The molecule has 2 heterocycles. The fourth-order valence-corrected chi connectivity index (χ4v) is 2.79. The molecule has 3 rings (SSSR count). The van der Waals surface area contributed by atoms with Crippen molar-refractivity contribution in [3.63, 3.8) is 0 Å². The second-order valence-electron chi connectivity index (χ2n) is 5.48. The van der Waals surface area contributed by atoms with Crippen molar-refractivity contribution in [1.29, 1.82) is 0 Å². The molecule has 0 saturated heterocycles. The number of hydrogen-bond donors (Lipinski definition) is 1. The molecule has 0 fully saturated rings. The minimum Gasteiger partial charge on any atom is -0.469 e. The fourth-order valence-electron chi connectivity index (χ4n) is 2.79. The minimum atomic E-state index is 0.624. The number of guanidine groups is 1. The molecule has 0 aliphatic carbocycles. The van der Waals surface area contributed by atoms with Gasteiger partial charge in [-0.1, -0.05) is 18.2 Å². The van der Waals surface area contributed by atoms with Crippen molar-refractivity contribution in [1.82, 2.24) is 5.32 Å².